The van der Waals surface area contributed by atoms with Gasteiger partial charge < -0.3 is 10.2 Å². The van der Waals surface area contributed by atoms with Crippen LogP contribution in [0.2, 0.25) is 0 Å². The first kappa shape index (κ1) is 14.1. The fourth-order valence-corrected chi connectivity index (χ4v) is 3.35. The lowest BCUT2D eigenvalue weighted by atomic mass is 10.1. The maximum absolute atomic E-state index is 12.1. The molecule has 1 heterocycles. The van der Waals surface area contributed by atoms with E-state index in [0.29, 0.717) is 19.5 Å². The average Bonchev–Trinajstić information content (AvgIpc) is 3.15. The molecule has 4 nitrogen and oxygen atoms in total. The van der Waals surface area contributed by atoms with Crippen LogP contribution in [0.3, 0.4) is 0 Å². The van der Waals surface area contributed by atoms with E-state index >= 15 is 0 Å². The first-order chi connectivity index (χ1) is 10.2. The van der Waals surface area contributed by atoms with E-state index in [4.69, 9.17) is 0 Å². The number of carbonyl (C=O) groups excluding carboxylic acids is 2. The Morgan fingerprint density at radius 2 is 1.90 bits per heavy atom. The molecule has 1 N–H and O–H groups in total. The van der Waals surface area contributed by atoms with Crippen molar-refractivity contribution in [3.63, 3.8) is 0 Å². The summed E-state index contributed by atoms with van der Waals surface area (Å²) < 4.78 is 0. The Hall–Kier alpha value is -1.84. The summed E-state index contributed by atoms with van der Waals surface area (Å²) in [5, 5.41) is 3.04. The quantitative estimate of drug-likeness (QED) is 0.923. The van der Waals surface area contributed by atoms with Gasteiger partial charge in [0.25, 0.3) is 0 Å². The number of anilines is 1. The summed E-state index contributed by atoms with van der Waals surface area (Å²) in [4.78, 5) is 26.0. The Bertz CT molecular complexity index is 509. The number of nitrogens with one attached hydrogen (secondary N) is 1. The number of carbonyl (C=O) groups is 2. The molecule has 1 atom stereocenters. The molecule has 0 aromatic heterocycles. The molecule has 2 aliphatic rings. The van der Waals surface area contributed by atoms with E-state index in [1.54, 1.807) is 0 Å². The lowest BCUT2D eigenvalue weighted by molar-refractivity contribution is -0.125. The van der Waals surface area contributed by atoms with E-state index in [1.165, 1.54) is 12.8 Å². The summed E-state index contributed by atoms with van der Waals surface area (Å²) in [6.45, 7) is 1.32. The first-order valence-corrected chi connectivity index (χ1v) is 7.87. The highest BCUT2D eigenvalue weighted by Crippen LogP contribution is 2.26. The molecule has 0 spiro atoms. The molecule has 1 aromatic carbocycles. The maximum Gasteiger partial charge on any atom is 0.227 e. The van der Waals surface area contributed by atoms with E-state index in [2.05, 4.69) is 5.32 Å². The van der Waals surface area contributed by atoms with Crippen molar-refractivity contribution >= 4 is 17.5 Å². The standard InChI is InChI=1S/C17H22N2O2/c20-16-10-13(11-18-17(21)14-6-4-5-7-14)12-19(16)15-8-2-1-3-9-15/h1-3,8-9,13-14H,4-7,10-12H2,(H,18,21)/t13-/m1/s1. The van der Waals surface area contributed by atoms with Gasteiger partial charge in [-0.1, -0.05) is 31.0 Å². The van der Waals surface area contributed by atoms with Gasteiger partial charge in [0.15, 0.2) is 0 Å². The molecule has 1 aromatic rings. The molecule has 1 aliphatic heterocycles. The van der Waals surface area contributed by atoms with Crippen LogP contribution in [0.1, 0.15) is 32.1 Å². The molecule has 2 amide bonds. The van der Waals surface area contributed by atoms with Crippen LogP contribution in [0.15, 0.2) is 30.3 Å². The van der Waals surface area contributed by atoms with E-state index < -0.39 is 0 Å². The summed E-state index contributed by atoms with van der Waals surface area (Å²) in [6.07, 6.45) is 4.90. The van der Waals surface area contributed by atoms with Gasteiger partial charge in [0, 0.05) is 37.0 Å². The lowest BCUT2D eigenvalue weighted by Gasteiger charge is -2.17. The van der Waals surface area contributed by atoms with Crippen LogP contribution in [0, 0.1) is 11.8 Å². The van der Waals surface area contributed by atoms with E-state index in [-0.39, 0.29) is 23.7 Å². The Balaban J connectivity index is 1.52. The average molecular weight is 286 g/mol. The number of nitrogens with zero attached hydrogens (tertiary/aromatic N) is 1. The number of hydrogen-bond acceptors (Lipinski definition) is 2. The normalized spacial score (nSPS) is 22.8. The molecule has 21 heavy (non-hydrogen) atoms. The molecule has 112 valence electrons. The molecule has 4 heteroatoms. The molecule has 2 fully saturated rings. The molecule has 0 bridgehead atoms. The molecule has 1 saturated carbocycles. The summed E-state index contributed by atoms with van der Waals surface area (Å²) in [5.74, 6) is 0.759. The predicted molar refractivity (Wildman–Crippen MR) is 81.9 cm³/mol. The van der Waals surface area contributed by atoms with Crippen molar-refractivity contribution in [3.05, 3.63) is 30.3 Å². The highest BCUT2D eigenvalue weighted by atomic mass is 16.2. The minimum Gasteiger partial charge on any atom is -0.356 e. The van der Waals surface area contributed by atoms with Gasteiger partial charge in [0.05, 0.1) is 0 Å². The third-order valence-corrected chi connectivity index (χ3v) is 4.56. The number of rotatable bonds is 4. The topological polar surface area (TPSA) is 49.4 Å². The van der Waals surface area contributed by atoms with Crippen molar-refractivity contribution in [2.24, 2.45) is 11.8 Å². The predicted octanol–water partition coefficient (Wildman–Crippen LogP) is 2.35. The van der Waals surface area contributed by atoms with Crippen LogP contribution >= 0.6 is 0 Å². The highest BCUT2D eigenvalue weighted by Gasteiger charge is 2.31. The Kier molecular flexibility index (Phi) is 4.23. The van der Waals surface area contributed by atoms with Crippen molar-refractivity contribution in [2.45, 2.75) is 32.1 Å². The summed E-state index contributed by atoms with van der Waals surface area (Å²) in [7, 11) is 0. The van der Waals surface area contributed by atoms with Gasteiger partial charge in [-0.25, -0.2) is 0 Å². The van der Waals surface area contributed by atoms with Crippen LogP contribution in [0.5, 0.6) is 0 Å². The Morgan fingerprint density at radius 3 is 2.62 bits per heavy atom. The second-order valence-electron chi connectivity index (χ2n) is 6.14. The Morgan fingerprint density at radius 1 is 1.19 bits per heavy atom. The first-order valence-electron chi connectivity index (χ1n) is 7.87. The fourth-order valence-electron chi connectivity index (χ4n) is 3.35. The smallest absolute Gasteiger partial charge is 0.227 e. The zero-order chi connectivity index (χ0) is 14.7. The summed E-state index contributed by atoms with van der Waals surface area (Å²) in [5.41, 5.74) is 0.951. The van der Waals surface area contributed by atoms with Crippen molar-refractivity contribution in [3.8, 4) is 0 Å². The number of amides is 2. The van der Waals surface area contributed by atoms with Gasteiger partial charge in [0.2, 0.25) is 11.8 Å². The van der Waals surface area contributed by atoms with Crippen LogP contribution < -0.4 is 10.2 Å². The van der Waals surface area contributed by atoms with Crippen molar-refractivity contribution in [2.75, 3.05) is 18.0 Å². The second-order valence-corrected chi connectivity index (χ2v) is 6.14. The van der Waals surface area contributed by atoms with E-state index in [0.717, 1.165) is 18.5 Å². The minimum absolute atomic E-state index is 0.154. The van der Waals surface area contributed by atoms with Crippen molar-refractivity contribution in [1.82, 2.24) is 5.32 Å². The summed E-state index contributed by atoms with van der Waals surface area (Å²) >= 11 is 0. The summed E-state index contributed by atoms with van der Waals surface area (Å²) in [6, 6.07) is 9.74. The third-order valence-electron chi connectivity index (χ3n) is 4.56. The van der Waals surface area contributed by atoms with Gasteiger partial charge in [-0.15, -0.1) is 0 Å². The largest absolute Gasteiger partial charge is 0.356 e. The van der Waals surface area contributed by atoms with Gasteiger partial charge in [0.1, 0.15) is 0 Å². The third kappa shape index (κ3) is 3.26. The number of benzene rings is 1. The molecular formula is C17H22N2O2. The van der Waals surface area contributed by atoms with Crippen molar-refractivity contribution < 1.29 is 9.59 Å². The van der Waals surface area contributed by atoms with Crippen LogP contribution in [0.25, 0.3) is 0 Å². The van der Waals surface area contributed by atoms with Crippen LogP contribution in [-0.4, -0.2) is 24.9 Å². The zero-order valence-corrected chi connectivity index (χ0v) is 12.3. The zero-order valence-electron chi connectivity index (χ0n) is 12.3. The molecule has 0 unspecified atom stereocenters. The second kappa shape index (κ2) is 6.29. The molecule has 1 saturated heterocycles. The van der Waals surface area contributed by atoms with E-state index in [1.807, 2.05) is 35.2 Å². The number of para-hydroxylation sites is 1. The molecule has 1 aliphatic carbocycles. The monoisotopic (exact) mass is 286 g/mol. The minimum atomic E-state index is 0.154. The fraction of sp³-hybridized carbons (Fsp3) is 0.529. The molecular weight excluding hydrogens is 264 g/mol. The van der Waals surface area contributed by atoms with Gasteiger partial charge >= 0.3 is 0 Å². The van der Waals surface area contributed by atoms with Crippen LogP contribution in [0.4, 0.5) is 5.69 Å². The van der Waals surface area contributed by atoms with E-state index in [9.17, 15) is 9.59 Å². The highest BCUT2D eigenvalue weighted by molar-refractivity contribution is 5.95. The number of hydrogen-bond donors (Lipinski definition) is 1. The maximum atomic E-state index is 12.1. The van der Waals surface area contributed by atoms with Gasteiger partial charge in [-0.05, 0) is 25.0 Å². The molecule has 0 radical (unpaired) electrons. The van der Waals surface area contributed by atoms with Crippen LogP contribution in [-0.2, 0) is 9.59 Å². The van der Waals surface area contributed by atoms with Crippen molar-refractivity contribution in [1.29, 1.82) is 0 Å². The SMILES string of the molecule is O=C(NC[C@H]1CC(=O)N(c2ccccc2)C1)C1CCCC1. The van der Waals surface area contributed by atoms with Gasteiger partial charge in [-0.2, -0.15) is 0 Å². The van der Waals surface area contributed by atoms with Gasteiger partial charge in [-0.3, -0.25) is 9.59 Å². The lowest BCUT2D eigenvalue weighted by Crippen LogP contribution is -2.34. The molecule has 3 rings (SSSR count). The Labute approximate surface area is 125 Å².